The van der Waals surface area contributed by atoms with Crippen LogP contribution in [0.5, 0.6) is 0 Å². The van der Waals surface area contributed by atoms with Gasteiger partial charge in [0.15, 0.2) is 11.6 Å². The molecule has 6 heteroatoms. The van der Waals surface area contributed by atoms with Gasteiger partial charge in [0.1, 0.15) is 5.58 Å². The number of carbonyl (C=O) groups is 1. The first kappa shape index (κ1) is 18.3. The number of furan rings is 1. The Labute approximate surface area is 170 Å². The molecule has 2 aliphatic heterocycles. The lowest BCUT2D eigenvalue weighted by molar-refractivity contribution is 0.0698. The molecule has 1 amide bonds. The minimum atomic E-state index is -0.0817. The fraction of sp³-hybridized carbons (Fsp3) is 0.435. The molecule has 2 aliphatic rings. The summed E-state index contributed by atoms with van der Waals surface area (Å²) < 4.78 is 5.98. The van der Waals surface area contributed by atoms with E-state index >= 15 is 0 Å². The van der Waals surface area contributed by atoms with Crippen molar-refractivity contribution in [1.29, 1.82) is 0 Å². The number of amides is 1. The first-order valence-corrected chi connectivity index (χ1v) is 10.3. The zero-order valence-corrected chi connectivity index (χ0v) is 17.2. The van der Waals surface area contributed by atoms with E-state index in [0.29, 0.717) is 12.3 Å². The number of likely N-dealkylation sites (N-methyl/N-ethyl adjacent to an activating group) is 1. The molecule has 1 atom stereocenters. The van der Waals surface area contributed by atoms with Gasteiger partial charge in [-0.25, -0.2) is 9.97 Å². The Bertz CT molecular complexity index is 1100. The number of carbonyl (C=O) groups excluding carboxylic acids is 1. The molecule has 0 bridgehead atoms. The molecule has 0 spiro atoms. The second-order valence-corrected chi connectivity index (χ2v) is 8.40. The molecule has 1 fully saturated rings. The maximum atomic E-state index is 13.4. The van der Waals surface area contributed by atoms with Crippen LogP contribution in [0.25, 0.3) is 11.0 Å². The summed E-state index contributed by atoms with van der Waals surface area (Å²) >= 11 is 0. The molecular formula is C23H26N4O2. The van der Waals surface area contributed by atoms with Gasteiger partial charge in [-0.05, 0) is 45.9 Å². The van der Waals surface area contributed by atoms with Crippen molar-refractivity contribution in [2.24, 2.45) is 0 Å². The zero-order valence-electron chi connectivity index (χ0n) is 17.2. The van der Waals surface area contributed by atoms with Crippen molar-refractivity contribution in [3.8, 4) is 0 Å². The Kier molecular flexibility index (Phi) is 4.39. The van der Waals surface area contributed by atoms with Gasteiger partial charge in [0.2, 0.25) is 0 Å². The molecule has 0 aliphatic carbocycles. The number of hydrogen-bond donors (Lipinski definition) is 0. The average Bonchev–Trinajstić information content (AvgIpc) is 3.32. The number of likely N-dealkylation sites (tertiary alicyclic amines) is 1. The molecule has 4 heterocycles. The Hall–Kier alpha value is -2.73. The molecule has 5 rings (SSSR count). The van der Waals surface area contributed by atoms with Crippen molar-refractivity contribution in [2.75, 3.05) is 20.1 Å². The number of rotatable bonds is 2. The highest BCUT2D eigenvalue weighted by atomic mass is 16.3. The highest BCUT2D eigenvalue weighted by Crippen LogP contribution is 2.34. The van der Waals surface area contributed by atoms with E-state index in [1.165, 1.54) is 5.56 Å². The second-order valence-electron chi connectivity index (χ2n) is 8.40. The highest BCUT2D eigenvalue weighted by molar-refractivity contribution is 5.99. The fourth-order valence-electron chi connectivity index (χ4n) is 4.58. The third kappa shape index (κ3) is 3.12. The van der Waals surface area contributed by atoms with Crippen LogP contribution in [0.3, 0.4) is 0 Å². The van der Waals surface area contributed by atoms with Crippen molar-refractivity contribution in [3.63, 3.8) is 0 Å². The molecule has 6 nitrogen and oxygen atoms in total. The van der Waals surface area contributed by atoms with Crippen molar-refractivity contribution in [1.82, 2.24) is 19.8 Å². The van der Waals surface area contributed by atoms with Crippen molar-refractivity contribution < 1.29 is 9.21 Å². The van der Waals surface area contributed by atoms with Crippen molar-refractivity contribution in [3.05, 3.63) is 58.4 Å². The summed E-state index contributed by atoms with van der Waals surface area (Å²) in [6, 6.07) is 5.95. The quantitative estimate of drug-likeness (QED) is 0.666. The van der Waals surface area contributed by atoms with Gasteiger partial charge in [0, 0.05) is 54.5 Å². The van der Waals surface area contributed by atoms with Crippen LogP contribution in [-0.4, -0.2) is 45.8 Å². The van der Waals surface area contributed by atoms with E-state index in [9.17, 15) is 4.79 Å². The number of hydrogen-bond acceptors (Lipinski definition) is 5. The summed E-state index contributed by atoms with van der Waals surface area (Å²) in [6.07, 6.45) is 4.73. The van der Waals surface area contributed by atoms with E-state index in [4.69, 9.17) is 9.40 Å². The van der Waals surface area contributed by atoms with Gasteiger partial charge >= 0.3 is 0 Å². The SMILES string of the molecule is Cc1ccc2oc(C(=O)N3CCC[C@@H]3c3ncc4c(n3)CCN(C)C4)c(C)c2c1. The first-order chi connectivity index (χ1) is 14.0. The highest BCUT2D eigenvalue weighted by Gasteiger charge is 2.35. The van der Waals surface area contributed by atoms with Crippen molar-refractivity contribution in [2.45, 2.75) is 45.7 Å². The number of aryl methyl sites for hydroxylation is 2. The minimum absolute atomic E-state index is 0.0556. The molecule has 1 aromatic carbocycles. The Morgan fingerprint density at radius 1 is 1.24 bits per heavy atom. The summed E-state index contributed by atoms with van der Waals surface area (Å²) in [5, 5.41) is 1.01. The third-order valence-electron chi connectivity index (χ3n) is 6.24. The summed E-state index contributed by atoms with van der Waals surface area (Å²) in [6.45, 7) is 6.63. The predicted molar refractivity (Wildman–Crippen MR) is 111 cm³/mol. The Balaban J connectivity index is 1.47. The van der Waals surface area contributed by atoms with Gasteiger partial charge in [0.25, 0.3) is 5.91 Å². The van der Waals surface area contributed by atoms with Gasteiger partial charge in [-0.1, -0.05) is 11.6 Å². The number of nitrogens with zero attached hydrogens (tertiary/aromatic N) is 4. The summed E-state index contributed by atoms with van der Waals surface area (Å²) in [5.41, 5.74) is 5.16. The standard InChI is InChI=1S/C23H26N4O2/c1-14-6-7-20-17(11-14)15(2)21(29-20)23(28)27-9-4-5-19(27)22-24-12-16-13-26(3)10-8-18(16)25-22/h6-7,11-12,19H,4-5,8-10,13H2,1-3H3/t19-/m1/s1. The lowest BCUT2D eigenvalue weighted by Crippen LogP contribution is -2.33. The molecule has 2 aromatic heterocycles. The maximum absolute atomic E-state index is 13.4. The Morgan fingerprint density at radius 3 is 2.97 bits per heavy atom. The van der Waals surface area contributed by atoms with Crippen LogP contribution in [0, 0.1) is 13.8 Å². The average molecular weight is 390 g/mol. The van der Waals surface area contributed by atoms with Crippen LogP contribution >= 0.6 is 0 Å². The van der Waals surface area contributed by atoms with E-state index < -0.39 is 0 Å². The van der Waals surface area contributed by atoms with Crippen LogP contribution in [0.4, 0.5) is 0 Å². The van der Waals surface area contributed by atoms with Crippen LogP contribution in [-0.2, 0) is 13.0 Å². The van der Waals surface area contributed by atoms with Crippen LogP contribution in [0.1, 0.15) is 57.6 Å². The lowest BCUT2D eigenvalue weighted by atomic mass is 10.1. The molecular weight excluding hydrogens is 364 g/mol. The molecule has 150 valence electrons. The molecule has 3 aromatic rings. The molecule has 0 saturated carbocycles. The van der Waals surface area contributed by atoms with Crippen LogP contribution in [0.15, 0.2) is 28.8 Å². The lowest BCUT2D eigenvalue weighted by Gasteiger charge is -2.26. The molecule has 29 heavy (non-hydrogen) atoms. The fourth-order valence-corrected chi connectivity index (χ4v) is 4.58. The Morgan fingerprint density at radius 2 is 2.10 bits per heavy atom. The number of fused-ring (bicyclic) bond motifs is 2. The van der Waals surface area contributed by atoms with E-state index in [0.717, 1.165) is 66.0 Å². The number of aromatic nitrogens is 2. The first-order valence-electron chi connectivity index (χ1n) is 10.3. The second kappa shape index (κ2) is 6.95. The number of benzene rings is 1. The monoisotopic (exact) mass is 390 g/mol. The van der Waals surface area contributed by atoms with Crippen LogP contribution < -0.4 is 0 Å². The topological polar surface area (TPSA) is 62.5 Å². The minimum Gasteiger partial charge on any atom is -0.451 e. The smallest absolute Gasteiger partial charge is 0.290 e. The largest absolute Gasteiger partial charge is 0.451 e. The van der Waals surface area contributed by atoms with E-state index in [1.54, 1.807) is 0 Å². The van der Waals surface area contributed by atoms with Gasteiger partial charge in [0.05, 0.1) is 6.04 Å². The van der Waals surface area contributed by atoms with Gasteiger partial charge in [-0.15, -0.1) is 0 Å². The molecule has 1 saturated heterocycles. The maximum Gasteiger partial charge on any atom is 0.290 e. The molecule has 0 radical (unpaired) electrons. The van der Waals surface area contributed by atoms with Gasteiger partial charge < -0.3 is 14.2 Å². The zero-order chi connectivity index (χ0) is 20.1. The summed E-state index contributed by atoms with van der Waals surface area (Å²) in [4.78, 5) is 27.1. The van der Waals surface area contributed by atoms with E-state index in [2.05, 4.69) is 29.9 Å². The predicted octanol–water partition coefficient (Wildman–Crippen LogP) is 3.80. The van der Waals surface area contributed by atoms with Crippen LogP contribution in [0.2, 0.25) is 0 Å². The third-order valence-corrected chi connectivity index (χ3v) is 6.24. The van der Waals surface area contributed by atoms with E-state index in [1.807, 2.05) is 30.2 Å². The summed E-state index contributed by atoms with van der Waals surface area (Å²) in [7, 11) is 2.12. The van der Waals surface area contributed by atoms with E-state index in [-0.39, 0.29) is 11.9 Å². The molecule has 0 N–H and O–H groups in total. The summed E-state index contributed by atoms with van der Waals surface area (Å²) in [5.74, 6) is 1.15. The van der Waals surface area contributed by atoms with Gasteiger partial charge in [-0.2, -0.15) is 0 Å². The molecule has 0 unspecified atom stereocenters. The van der Waals surface area contributed by atoms with Crippen molar-refractivity contribution >= 4 is 16.9 Å². The van der Waals surface area contributed by atoms with Gasteiger partial charge in [-0.3, -0.25) is 4.79 Å². The normalized spacial score (nSPS) is 19.7.